The molecule has 1 amide bonds. The lowest BCUT2D eigenvalue weighted by atomic mass is 9.78. The van der Waals surface area contributed by atoms with Crippen LogP contribution in [0.5, 0.6) is 0 Å². The monoisotopic (exact) mass is 353 g/mol. The molecule has 3 heteroatoms. The Hall–Kier alpha value is -1.77. The zero-order chi connectivity index (χ0) is 17.8. The first-order valence-electron chi connectivity index (χ1n) is 10.5. The van der Waals surface area contributed by atoms with Crippen LogP contribution in [0.4, 0.5) is 4.79 Å². The number of piperidine rings is 1. The highest BCUT2D eigenvalue weighted by molar-refractivity contribution is 5.69. The number of hydrogen-bond acceptors (Lipinski definition) is 2. The molecule has 1 saturated carbocycles. The number of ether oxygens (including phenoxy) is 1. The Labute approximate surface area is 157 Å². The summed E-state index contributed by atoms with van der Waals surface area (Å²) in [6.07, 6.45) is 15.1. The minimum atomic E-state index is -0.125. The van der Waals surface area contributed by atoms with E-state index in [1.54, 1.807) is 5.57 Å². The molecule has 26 heavy (non-hydrogen) atoms. The molecule has 1 aliphatic carbocycles. The summed E-state index contributed by atoms with van der Waals surface area (Å²) in [6.45, 7) is 0.370. The van der Waals surface area contributed by atoms with Crippen LogP contribution in [-0.4, -0.2) is 23.1 Å². The molecule has 140 valence electrons. The summed E-state index contributed by atoms with van der Waals surface area (Å²) in [7, 11) is 0. The Morgan fingerprint density at radius 3 is 2.46 bits per heavy atom. The molecule has 0 radical (unpaired) electrons. The number of nitrogens with zero attached hydrogens (tertiary/aromatic N) is 1. The normalized spacial score (nSPS) is 26.8. The molecule has 2 atom stereocenters. The van der Waals surface area contributed by atoms with Crippen molar-refractivity contribution in [3.05, 3.63) is 47.5 Å². The highest BCUT2D eigenvalue weighted by Crippen LogP contribution is 2.40. The third-order valence-electron chi connectivity index (χ3n) is 6.46. The van der Waals surface area contributed by atoms with Crippen LogP contribution in [-0.2, 0) is 11.3 Å². The van der Waals surface area contributed by atoms with E-state index in [9.17, 15) is 4.79 Å². The lowest BCUT2D eigenvalue weighted by molar-refractivity contribution is 0.0468. The largest absolute Gasteiger partial charge is 0.445 e. The Morgan fingerprint density at radius 1 is 0.962 bits per heavy atom. The van der Waals surface area contributed by atoms with Crippen LogP contribution in [0, 0.1) is 5.92 Å². The molecule has 2 bridgehead atoms. The average Bonchev–Trinajstić information content (AvgIpc) is 2.95. The second-order valence-electron chi connectivity index (χ2n) is 8.23. The summed E-state index contributed by atoms with van der Waals surface area (Å²) in [6, 6.07) is 10.6. The van der Waals surface area contributed by atoms with Crippen LogP contribution in [0.2, 0.25) is 0 Å². The van der Waals surface area contributed by atoms with Gasteiger partial charge in [-0.2, -0.15) is 0 Å². The standard InChI is InChI=1S/C23H31NO2/c25-23(26-17-18-9-4-3-5-10-18)24-21-13-8-14-22(24)16-20(15-21)19-11-6-1-2-7-12-19/h3-5,9-10,15,19,21-22H,1-2,6-8,11-14,16-17H2. The van der Waals surface area contributed by atoms with Crippen LogP contribution in [0.1, 0.15) is 69.8 Å². The van der Waals surface area contributed by atoms with Crippen molar-refractivity contribution in [2.75, 3.05) is 0 Å². The van der Waals surface area contributed by atoms with Gasteiger partial charge in [0.05, 0.1) is 6.04 Å². The Bertz CT molecular complexity index is 631. The number of amides is 1. The Morgan fingerprint density at radius 2 is 1.73 bits per heavy atom. The fourth-order valence-electron chi connectivity index (χ4n) is 5.09. The van der Waals surface area contributed by atoms with Crippen LogP contribution >= 0.6 is 0 Å². The summed E-state index contributed by atoms with van der Waals surface area (Å²) in [5.41, 5.74) is 2.70. The second-order valence-corrected chi connectivity index (χ2v) is 8.23. The van der Waals surface area contributed by atoms with Crippen LogP contribution in [0.15, 0.2) is 42.0 Å². The summed E-state index contributed by atoms with van der Waals surface area (Å²) in [5, 5.41) is 0. The van der Waals surface area contributed by atoms with E-state index in [0.717, 1.165) is 30.7 Å². The first-order chi connectivity index (χ1) is 12.8. The van der Waals surface area contributed by atoms with Crippen molar-refractivity contribution in [1.29, 1.82) is 0 Å². The van der Waals surface area contributed by atoms with Gasteiger partial charge in [0, 0.05) is 6.04 Å². The number of carbonyl (C=O) groups excluding carboxylic acids is 1. The lowest BCUT2D eigenvalue weighted by Crippen LogP contribution is -2.52. The van der Waals surface area contributed by atoms with Crippen molar-refractivity contribution < 1.29 is 9.53 Å². The van der Waals surface area contributed by atoms with E-state index in [4.69, 9.17) is 4.74 Å². The molecule has 3 aliphatic rings. The van der Waals surface area contributed by atoms with E-state index in [2.05, 4.69) is 6.08 Å². The summed E-state index contributed by atoms with van der Waals surface area (Å²) in [4.78, 5) is 14.8. The first kappa shape index (κ1) is 17.6. The van der Waals surface area contributed by atoms with E-state index in [-0.39, 0.29) is 12.1 Å². The van der Waals surface area contributed by atoms with Crippen molar-refractivity contribution in [2.24, 2.45) is 5.92 Å². The van der Waals surface area contributed by atoms with Gasteiger partial charge in [-0.05, 0) is 50.0 Å². The van der Waals surface area contributed by atoms with Crippen molar-refractivity contribution >= 4 is 6.09 Å². The van der Waals surface area contributed by atoms with Crippen LogP contribution < -0.4 is 0 Å². The highest BCUT2D eigenvalue weighted by atomic mass is 16.6. The predicted octanol–water partition coefficient (Wildman–Crippen LogP) is 5.85. The summed E-state index contributed by atoms with van der Waals surface area (Å²) in [5.74, 6) is 0.767. The molecular weight excluding hydrogens is 322 g/mol. The van der Waals surface area contributed by atoms with Gasteiger partial charge in [-0.15, -0.1) is 0 Å². The number of fused-ring (bicyclic) bond motifs is 2. The molecule has 4 rings (SSSR count). The Kier molecular flexibility index (Phi) is 5.62. The lowest BCUT2D eigenvalue weighted by Gasteiger charge is -2.45. The van der Waals surface area contributed by atoms with Gasteiger partial charge in [-0.3, -0.25) is 4.90 Å². The van der Waals surface area contributed by atoms with Crippen molar-refractivity contribution in [2.45, 2.75) is 82.9 Å². The van der Waals surface area contributed by atoms with Gasteiger partial charge in [-0.25, -0.2) is 4.79 Å². The minimum absolute atomic E-state index is 0.125. The topological polar surface area (TPSA) is 29.5 Å². The van der Waals surface area contributed by atoms with E-state index in [1.165, 1.54) is 44.9 Å². The van der Waals surface area contributed by atoms with Gasteiger partial charge < -0.3 is 4.74 Å². The van der Waals surface area contributed by atoms with Gasteiger partial charge in [0.25, 0.3) is 0 Å². The van der Waals surface area contributed by atoms with Gasteiger partial charge in [-0.1, -0.05) is 67.7 Å². The third kappa shape index (κ3) is 3.97. The van der Waals surface area contributed by atoms with Gasteiger partial charge >= 0.3 is 6.09 Å². The van der Waals surface area contributed by atoms with Gasteiger partial charge in [0.1, 0.15) is 6.61 Å². The molecule has 1 aromatic rings. The average molecular weight is 354 g/mol. The fourth-order valence-corrected chi connectivity index (χ4v) is 5.09. The third-order valence-corrected chi connectivity index (χ3v) is 6.46. The molecule has 2 aliphatic heterocycles. The Balaban J connectivity index is 1.43. The highest BCUT2D eigenvalue weighted by Gasteiger charge is 2.39. The molecule has 0 aromatic heterocycles. The van der Waals surface area contributed by atoms with E-state index in [1.807, 2.05) is 35.2 Å². The SMILES string of the molecule is O=C(OCc1ccccc1)N1C2C=C(C3CCCCCC3)CC1CCC2. The maximum Gasteiger partial charge on any atom is 0.410 e. The van der Waals surface area contributed by atoms with Crippen molar-refractivity contribution in [3.8, 4) is 0 Å². The zero-order valence-electron chi connectivity index (χ0n) is 15.7. The van der Waals surface area contributed by atoms with Crippen LogP contribution in [0.3, 0.4) is 0 Å². The number of hydrogen-bond donors (Lipinski definition) is 0. The quantitative estimate of drug-likeness (QED) is 0.504. The maximum absolute atomic E-state index is 12.8. The van der Waals surface area contributed by atoms with Gasteiger partial charge in [0.15, 0.2) is 0 Å². The summed E-state index contributed by atoms with van der Waals surface area (Å²) >= 11 is 0. The molecule has 1 saturated heterocycles. The van der Waals surface area contributed by atoms with Gasteiger partial charge in [0.2, 0.25) is 0 Å². The second kappa shape index (κ2) is 8.28. The molecule has 0 N–H and O–H groups in total. The summed E-state index contributed by atoms with van der Waals surface area (Å²) < 4.78 is 5.66. The maximum atomic E-state index is 12.8. The molecule has 2 unspecified atom stereocenters. The van der Waals surface area contributed by atoms with E-state index in [0.29, 0.717) is 12.6 Å². The molecule has 1 aromatic carbocycles. The van der Waals surface area contributed by atoms with Crippen molar-refractivity contribution in [1.82, 2.24) is 4.90 Å². The molecule has 0 spiro atoms. The molecular formula is C23H31NO2. The van der Waals surface area contributed by atoms with Crippen molar-refractivity contribution in [3.63, 3.8) is 0 Å². The smallest absolute Gasteiger partial charge is 0.410 e. The predicted molar refractivity (Wildman–Crippen MR) is 104 cm³/mol. The molecule has 3 nitrogen and oxygen atoms in total. The molecule has 2 fully saturated rings. The van der Waals surface area contributed by atoms with E-state index < -0.39 is 0 Å². The zero-order valence-corrected chi connectivity index (χ0v) is 15.7. The van der Waals surface area contributed by atoms with E-state index >= 15 is 0 Å². The number of rotatable bonds is 3. The number of carbonyl (C=O) groups is 1. The first-order valence-corrected chi connectivity index (χ1v) is 10.5. The van der Waals surface area contributed by atoms with Crippen LogP contribution in [0.25, 0.3) is 0 Å². The number of benzene rings is 1. The fraction of sp³-hybridized carbons (Fsp3) is 0.609. The minimum Gasteiger partial charge on any atom is -0.445 e. The molecule has 2 heterocycles.